The van der Waals surface area contributed by atoms with Crippen LogP contribution in [-0.2, 0) is 0 Å². The van der Waals surface area contributed by atoms with E-state index in [1.807, 2.05) is 0 Å². The lowest BCUT2D eigenvalue weighted by Gasteiger charge is -2.27. The van der Waals surface area contributed by atoms with Crippen LogP contribution in [0.25, 0.3) is 0 Å². The molecule has 1 aromatic carbocycles. The number of anilines is 1. The smallest absolute Gasteiger partial charge is 0.0395 e. The van der Waals surface area contributed by atoms with Gasteiger partial charge in [-0.3, -0.25) is 0 Å². The number of para-hydroxylation sites is 1. The molecule has 1 aliphatic heterocycles. The average molecular weight is 260 g/mol. The number of hydrogen-bond acceptors (Lipinski definition) is 2. The third-order valence-electron chi connectivity index (χ3n) is 4.23. The van der Waals surface area contributed by atoms with Crippen molar-refractivity contribution in [2.24, 2.45) is 0 Å². The zero-order chi connectivity index (χ0) is 13.5. The van der Waals surface area contributed by atoms with Gasteiger partial charge in [0.05, 0.1) is 0 Å². The van der Waals surface area contributed by atoms with Crippen molar-refractivity contribution in [2.45, 2.75) is 52.0 Å². The third kappa shape index (κ3) is 4.24. The molecule has 0 spiro atoms. The van der Waals surface area contributed by atoms with Crippen LogP contribution in [-0.4, -0.2) is 25.7 Å². The quantitative estimate of drug-likeness (QED) is 0.838. The fourth-order valence-electron chi connectivity index (χ4n) is 3.07. The van der Waals surface area contributed by atoms with Crippen LogP contribution < -0.4 is 10.2 Å². The van der Waals surface area contributed by atoms with Crippen molar-refractivity contribution >= 4 is 5.69 Å². The van der Waals surface area contributed by atoms with Gasteiger partial charge >= 0.3 is 0 Å². The first-order valence-corrected chi connectivity index (χ1v) is 7.85. The van der Waals surface area contributed by atoms with Crippen LogP contribution in [0.4, 0.5) is 5.69 Å². The lowest BCUT2D eigenvalue weighted by Crippen LogP contribution is -2.35. The molecule has 0 saturated carbocycles. The molecule has 1 N–H and O–H groups in total. The van der Waals surface area contributed by atoms with Crippen molar-refractivity contribution in [3.8, 4) is 0 Å². The molecule has 0 bridgehead atoms. The summed E-state index contributed by atoms with van der Waals surface area (Å²) in [6.07, 6.45) is 6.76. The van der Waals surface area contributed by atoms with Gasteiger partial charge in [-0.2, -0.15) is 0 Å². The molecule has 2 heteroatoms. The van der Waals surface area contributed by atoms with Crippen molar-refractivity contribution in [1.29, 1.82) is 0 Å². The van der Waals surface area contributed by atoms with Gasteiger partial charge in [0.25, 0.3) is 0 Å². The standard InChI is InChI=1S/C17H28N2/c1-3-19(17-12-5-4-9-15(17)2)14-8-11-16-10-6-7-13-18-16/h4-5,9,12,16,18H,3,6-8,10-11,13-14H2,1-2H3. The number of hydrogen-bond donors (Lipinski definition) is 1. The van der Waals surface area contributed by atoms with Gasteiger partial charge in [0.1, 0.15) is 0 Å². The third-order valence-corrected chi connectivity index (χ3v) is 4.23. The van der Waals surface area contributed by atoms with E-state index >= 15 is 0 Å². The van der Waals surface area contributed by atoms with Crippen molar-refractivity contribution in [3.63, 3.8) is 0 Å². The van der Waals surface area contributed by atoms with Crippen molar-refractivity contribution in [3.05, 3.63) is 29.8 Å². The molecule has 1 atom stereocenters. The molecular formula is C17H28N2. The second-order valence-electron chi connectivity index (χ2n) is 5.66. The largest absolute Gasteiger partial charge is 0.372 e. The van der Waals surface area contributed by atoms with E-state index in [0.717, 1.165) is 12.6 Å². The maximum absolute atomic E-state index is 3.64. The first-order valence-electron chi connectivity index (χ1n) is 7.85. The van der Waals surface area contributed by atoms with Gasteiger partial charge in [-0.15, -0.1) is 0 Å². The van der Waals surface area contributed by atoms with Crippen LogP contribution >= 0.6 is 0 Å². The minimum Gasteiger partial charge on any atom is -0.372 e. The van der Waals surface area contributed by atoms with Crippen LogP contribution in [0.2, 0.25) is 0 Å². The highest BCUT2D eigenvalue weighted by Gasteiger charge is 2.13. The molecule has 1 fully saturated rings. The molecule has 1 saturated heterocycles. The number of piperidine rings is 1. The Kier molecular flexibility index (Phi) is 5.71. The monoisotopic (exact) mass is 260 g/mol. The Morgan fingerprint density at radius 2 is 2.11 bits per heavy atom. The Hall–Kier alpha value is -1.02. The van der Waals surface area contributed by atoms with Gasteiger partial charge in [-0.1, -0.05) is 24.6 Å². The average Bonchev–Trinajstić information content (AvgIpc) is 2.46. The Labute approximate surface area is 118 Å². The van der Waals surface area contributed by atoms with Crippen molar-refractivity contribution in [1.82, 2.24) is 5.32 Å². The number of nitrogens with zero attached hydrogens (tertiary/aromatic N) is 1. The van der Waals surface area contributed by atoms with Crippen LogP contribution in [0.1, 0.15) is 44.6 Å². The summed E-state index contributed by atoms with van der Waals surface area (Å²) in [5.74, 6) is 0. The molecule has 1 heterocycles. The predicted octanol–water partition coefficient (Wildman–Crippen LogP) is 3.74. The van der Waals surface area contributed by atoms with E-state index < -0.39 is 0 Å². The molecule has 0 radical (unpaired) electrons. The van der Waals surface area contributed by atoms with E-state index in [1.54, 1.807) is 0 Å². The first-order chi connectivity index (χ1) is 9.31. The Bertz CT molecular complexity index is 369. The molecule has 0 aliphatic carbocycles. The molecule has 2 rings (SSSR count). The SMILES string of the molecule is CCN(CCCC1CCCCN1)c1ccccc1C. The normalized spacial score (nSPS) is 19.4. The molecule has 1 aromatic rings. The molecule has 19 heavy (non-hydrogen) atoms. The van der Waals surface area contributed by atoms with E-state index in [-0.39, 0.29) is 0 Å². The minimum absolute atomic E-state index is 0.768. The van der Waals surface area contributed by atoms with E-state index in [4.69, 9.17) is 0 Å². The molecule has 0 amide bonds. The zero-order valence-electron chi connectivity index (χ0n) is 12.5. The van der Waals surface area contributed by atoms with Gasteiger partial charge in [0.15, 0.2) is 0 Å². The van der Waals surface area contributed by atoms with E-state index in [1.165, 1.54) is 56.4 Å². The van der Waals surface area contributed by atoms with Crippen LogP contribution in [0.15, 0.2) is 24.3 Å². The van der Waals surface area contributed by atoms with Gasteiger partial charge in [-0.05, 0) is 57.7 Å². The Morgan fingerprint density at radius 1 is 1.26 bits per heavy atom. The number of nitrogens with one attached hydrogen (secondary N) is 1. The number of aryl methyl sites for hydroxylation is 1. The fraction of sp³-hybridized carbons (Fsp3) is 0.647. The topological polar surface area (TPSA) is 15.3 Å². The second-order valence-corrected chi connectivity index (χ2v) is 5.66. The van der Waals surface area contributed by atoms with E-state index in [0.29, 0.717) is 0 Å². The molecule has 0 aromatic heterocycles. The second kappa shape index (κ2) is 7.54. The highest BCUT2D eigenvalue weighted by Crippen LogP contribution is 2.20. The zero-order valence-corrected chi connectivity index (χ0v) is 12.5. The highest BCUT2D eigenvalue weighted by atomic mass is 15.1. The van der Waals surface area contributed by atoms with Gasteiger partial charge in [-0.25, -0.2) is 0 Å². The summed E-state index contributed by atoms with van der Waals surface area (Å²) in [5.41, 5.74) is 2.79. The van der Waals surface area contributed by atoms with Crippen molar-refractivity contribution < 1.29 is 0 Å². The lowest BCUT2D eigenvalue weighted by molar-refractivity contribution is 0.376. The Morgan fingerprint density at radius 3 is 2.79 bits per heavy atom. The maximum atomic E-state index is 3.64. The van der Waals surface area contributed by atoms with Gasteiger partial charge in [0, 0.05) is 24.8 Å². The Balaban J connectivity index is 1.81. The van der Waals surface area contributed by atoms with Crippen LogP contribution in [0, 0.1) is 6.92 Å². The summed E-state index contributed by atoms with van der Waals surface area (Å²) in [4.78, 5) is 2.51. The van der Waals surface area contributed by atoms with Crippen LogP contribution in [0.3, 0.4) is 0 Å². The summed E-state index contributed by atoms with van der Waals surface area (Å²) in [6, 6.07) is 9.49. The summed E-state index contributed by atoms with van der Waals surface area (Å²) >= 11 is 0. The molecule has 1 aliphatic rings. The van der Waals surface area contributed by atoms with Crippen molar-refractivity contribution in [2.75, 3.05) is 24.5 Å². The molecule has 106 valence electrons. The summed E-state index contributed by atoms with van der Waals surface area (Å²) in [5, 5.41) is 3.64. The highest BCUT2D eigenvalue weighted by molar-refractivity contribution is 5.52. The lowest BCUT2D eigenvalue weighted by atomic mass is 10.0. The van der Waals surface area contributed by atoms with Gasteiger partial charge in [0.2, 0.25) is 0 Å². The van der Waals surface area contributed by atoms with E-state index in [9.17, 15) is 0 Å². The van der Waals surface area contributed by atoms with Gasteiger partial charge < -0.3 is 10.2 Å². The first kappa shape index (κ1) is 14.4. The molecular weight excluding hydrogens is 232 g/mol. The number of rotatable bonds is 6. The minimum atomic E-state index is 0.768. The molecule has 2 nitrogen and oxygen atoms in total. The molecule has 1 unspecified atom stereocenters. The fourth-order valence-corrected chi connectivity index (χ4v) is 3.07. The van der Waals surface area contributed by atoms with Crippen LogP contribution in [0.5, 0.6) is 0 Å². The summed E-state index contributed by atoms with van der Waals surface area (Å²) in [7, 11) is 0. The summed E-state index contributed by atoms with van der Waals surface area (Å²) < 4.78 is 0. The predicted molar refractivity (Wildman–Crippen MR) is 83.9 cm³/mol. The maximum Gasteiger partial charge on any atom is 0.0395 e. The summed E-state index contributed by atoms with van der Waals surface area (Å²) in [6.45, 7) is 7.97. The van der Waals surface area contributed by atoms with E-state index in [2.05, 4.69) is 48.3 Å². The number of benzene rings is 1.